The van der Waals surface area contributed by atoms with Crippen molar-refractivity contribution in [3.63, 3.8) is 0 Å². The van der Waals surface area contributed by atoms with Gasteiger partial charge in [-0.2, -0.15) is 0 Å². The number of ether oxygens (including phenoxy) is 2. The van der Waals surface area contributed by atoms with E-state index in [2.05, 4.69) is 5.32 Å². The lowest BCUT2D eigenvalue weighted by Crippen LogP contribution is -2.44. The van der Waals surface area contributed by atoms with Crippen molar-refractivity contribution in [1.29, 1.82) is 0 Å². The van der Waals surface area contributed by atoms with Crippen molar-refractivity contribution < 1.29 is 18.7 Å². The molecule has 118 valence electrons. The molecule has 0 aromatic heterocycles. The Morgan fingerprint density at radius 3 is 2.57 bits per heavy atom. The summed E-state index contributed by atoms with van der Waals surface area (Å²) in [7, 11) is 1.47. The van der Waals surface area contributed by atoms with Crippen LogP contribution in [0.5, 0.6) is 5.75 Å². The molecular formula is C15H23FN2O3. The third-order valence-corrected chi connectivity index (χ3v) is 2.73. The lowest BCUT2D eigenvalue weighted by Gasteiger charge is -2.23. The fraction of sp³-hybridized carbons (Fsp3) is 0.533. The van der Waals surface area contributed by atoms with Crippen LogP contribution in [0, 0.1) is 5.82 Å². The molecule has 0 aliphatic heterocycles. The van der Waals surface area contributed by atoms with Crippen LogP contribution in [0.3, 0.4) is 0 Å². The number of halogens is 1. The fourth-order valence-corrected chi connectivity index (χ4v) is 1.75. The van der Waals surface area contributed by atoms with Gasteiger partial charge in [0.05, 0.1) is 7.11 Å². The molecule has 0 saturated carbocycles. The average Bonchev–Trinajstić information content (AvgIpc) is 2.37. The molecule has 1 amide bonds. The Morgan fingerprint density at radius 2 is 2.10 bits per heavy atom. The van der Waals surface area contributed by atoms with Crippen LogP contribution in [0.25, 0.3) is 0 Å². The minimum atomic E-state index is -0.589. The summed E-state index contributed by atoms with van der Waals surface area (Å²) in [6.07, 6.45) is -0.280. The molecule has 1 unspecified atom stereocenters. The number of alkyl carbamates (subject to hydrolysis) is 1. The summed E-state index contributed by atoms with van der Waals surface area (Å²) in [5.41, 5.74) is 5.49. The zero-order valence-electron chi connectivity index (χ0n) is 12.9. The van der Waals surface area contributed by atoms with E-state index in [4.69, 9.17) is 15.2 Å². The molecule has 0 saturated heterocycles. The predicted octanol–water partition coefficient (Wildman–Crippen LogP) is 2.23. The van der Waals surface area contributed by atoms with Crippen LogP contribution in [0.2, 0.25) is 0 Å². The molecule has 21 heavy (non-hydrogen) atoms. The minimum Gasteiger partial charge on any atom is -0.497 e. The highest BCUT2D eigenvalue weighted by molar-refractivity contribution is 5.68. The van der Waals surface area contributed by atoms with Gasteiger partial charge >= 0.3 is 6.09 Å². The number of hydrogen-bond donors (Lipinski definition) is 2. The van der Waals surface area contributed by atoms with E-state index in [9.17, 15) is 9.18 Å². The lowest BCUT2D eigenvalue weighted by atomic mass is 10.1. The summed E-state index contributed by atoms with van der Waals surface area (Å²) < 4.78 is 24.0. The zero-order valence-corrected chi connectivity index (χ0v) is 12.9. The highest BCUT2D eigenvalue weighted by atomic mass is 19.1. The maximum Gasteiger partial charge on any atom is 0.407 e. The van der Waals surface area contributed by atoms with Gasteiger partial charge in [-0.1, -0.05) is 6.07 Å². The van der Waals surface area contributed by atoms with E-state index >= 15 is 0 Å². The molecule has 0 spiro atoms. The topological polar surface area (TPSA) is 73.6 Å². The summed E-state index contributed by atoms with van der Waals surface area (Å²) in [5, 5.41) is 2.64. The normalized spacial score (nSPS) is 12.7. The summed E-state index contributed by atoms with van der Waals surface area (Å²) in [6, 6.07) is 4.19. The first-order chi connectivity index (χ1) is 9.75. The summed E-state index contributed by atoms with van der Waals surface area (Å²) in [6.45, 7) is 5.50. The minimum absolute atomic E-state index is 0.185. The molecule has 0 aliphatic carbocycles. The molecule has 6 heteroatoms. The molecular weight excluding hydrogens is 275 g/mol. The standard InChI is InChI=1S/C15H23FN2O3/c1-15(2,3)21-14(19)18-11(9-17)7-10-5-6-12(20-4)8-13(10)16/h5-6,8,11H,7,9,17H2,1-4H3,(H,18,19). The maximum absolute atomic E-state index is 13.9. The van der Waals surface area contributed by atoms with Crippen LogP contribution in [0.4, 0.5) is 9.18 Å². The number of rotatable bonds is 5. The summed E-state index contributed by atoms with van der Waals surface area (Å²) in [5.74, 6) is 0.0550. The Bertz CT molecular complexity index is 486. The summed E-state index contributed by atoms with van der Waals surface area (Å²) >= 11 is 0. The van der Waals surface area contributed by atoms with Gasteiger partial charge in [0.2, 0.25) is 0 Å². The second-order valence-electron chi connectivity index (χ2n) is 5.74. The van der Waals surface area contributed by atoms with Crippen LogP contribution in [-0.4, -0.2) is 31.4 Å². The second kappa shape index (κ2) is 7.26. The monoisotopic (exact) mass is 298 g/mol. The number of carbonyl (C=O) groups is 1. The second-order valence-corrected chi connectivity index (χ2v) is 5.74. The van der Waals surface area contributed by atoms with Gasteiger partial charge in [0.1, 0.15) is 17.2 Å². The molecule has 0 heterocycles. The number of hydrogen-bond acceptors (Lipinski definition) is 4. The molecule has 0 aliphatic rings. The van der Waals surface area contributed by atoms with Gasteiger partial charge in [-0.05, 0) is 38.8 Å². The Balaban J connectivity index is 2.68. The summed E-state index contributed by atoms with van der Waals surface area (Å²) in [4.78, 5) is 11.7. The highest BCUT2D eigenvalue weighted by Gasteiger charge is 2.20. The van der Waals surface area contributed by atoms with Gasteiger partial charge in [-0.25, -0.2) is 9.18 Å². The van der Waals surface area contributed by atoms with Crippen LogP contribution in [0.1, 0.15) is 26.3 Å². The smallest absolute Gasteiger partial charge is 0.407 e. The predicted molar refractivity (Wildman–Crippen MR) is 78.9 cm³/mol. The number of methoxy groups -OCH3 is 1. The largest absolute Gasteiger partial charge is 0.497 e. The van der Waals surface area contributed by atoms with Gasteiger partial charge in [0.15, 0.2) is 0 Å². The van der Waals surface area contributed by atoms with Crippen molar-refractivity contribution in [3.8, 4) is 5.75 Å². The van der Waals surface area contributed by atoms with E-state index in [0.717, 1.165) is 0 Å². The quantitative estimate of drug-likeness (QED) is 0.874. The Kier molecular flexibility index (Phi) is 5.96. The Morgan fingerprint density at radius 1 is 1.43 bits per heavy atom. The van der Waals surface area contributed by atoms with Gasteiger partial charge in [0, 0.05) is 18.7 Å². The van der Waals surface area contributed by atoms with Crippen molar-refractivity contribution >= 4 is 6.09 Å². The Hall–Kier alpha value is -1.82. The SMILES string of the molecule is COc1ccc(CC(CN)NC(=O)OC(C)(C)C)c(F)c1. The molecule has 1 atom stereocenters. The molecule has 5 nitrogen and oxygen atoms in total. The van der Waals surface area contributed by atoms with Crippen molar-refractivity contribution in [2.45, 2.75) is 38.8 Å². The highest BCUT2D eigenvalue weighted by Crippen LogP contribution is 2.17. The van der Waals surface area contributed by atoms with Crippen LogP contribution < -0.4 is 15.8 Å². The van der Waals surface area contributed by atoms with Gasteiger partial charge < -0.3 is 20.5 Å². The zero-order chi connectivity index (χ0) is 16.0. The van der Waals surface area contributed by atoms with E-state index in [0.29, 0.717) is 11.3 Å². The first-order valence-corrected chi connectivity index (χ1v) is 6.77. The van der Waals surface area contributed by atoms with Gasteiger partial charge in [0.25, 0.3) is 0 Å². The van der Waals surface area contributed by atoms with E-state index in [1.54, 1.807) is 32.9 Å². The van der Waals surface area contributed by atoms with Crippen LogP contribution in [0.15, 0.2) is 18.2 Å². The fourth-order valence-electron chi connectivity index (χ4n) is 1.75. The van der Waals surface area contributed by atoms with E-state index in [-0.39, 0.29) is 13.0 Å². The van der Waals surface area contributed by atoms with Crippen molar-refractivity contribution in [1.82, 2.24) is 5.32 Å². The van der Waals surface area contributed by atoms with Gasteiger partial charge in [-0.15, -0.1) is 0 Å². The molecule has 0 fully saturated rings. The van der Waals surface area contributed by atoms with Gasteiger partial charge in [-0.3, -0.25) is 0 Å². The van der Waals surface area contributed by atoms with E-state index in [1.165, 1.54) is 13.2 Å². The average molecular weight is 298 g/mol. The maximum atomic E-state index is 13.9. The number of nitrogens with two attached hydrogens (primary N) is 1. The first kappa shape index (κ1) is 17.2. The number of amides is 1. The third kappa shape index (κ3) is 5.99. The molecule has 1 rings (SSSR count). The third-order valence-electron chi connectivity index (χ3n) is 2.73. The Labute approximate surface area is 124 Å². The number of carbonyl (C=O) groups excluding carboxylic acids is 1. The molecule has 0 radical (unpaired) electrons. The van der Waals surface area contributed by atoms with E-state index < -0.39 is 23.6 Å². The van der Waals surface area contributed by atoms with Crippen molar-refractivity contribution in [2.24, 2.45) is 5.73 Å². The van der Waals surface area contributed by atoms with Crippen molar-refractivity contribution in [3.05, 3.63) is 29.6 Å². The lowest BCUT2D eigenvalue weighted by molar-refractivity contribution is 0.0505. The molecule has 1 aromatic carbocycles. The van der Waals surface area contributed by atoms with Crippen LogP contribution >= 0.6 is 0 Å². The van der Waals surface area contributed by atoms with Crippen molar-refractivity contribution in [2.75, 3.05) is 13.7 Å². The van der Waals surface area contributed by atoms with Crippen LogP contribution in [-0.2, 0) is 11.2 Å². The molecule has 0 bridgehead atoms. The first-order valence-electron chi connectivity index (χ1n) is 6.77. The van der Waals surface area contributed by atoms with E-state index in [1.807, 2.05) is 0 Å². The molecule has 3 N–H and O–H groups in total. The molecule has 1 aromatic rings. The number of nitrogens with one attached hydrogen (secondary N) is 1. The number of benzene rings is 1.